The standard InChI is InChI=1S/C13H22ClN3O2/c1-5-10-13(14)11(16(4)15-10)8-17(6-2)9-12(18)19-7-3/h5-9H2,1-4H3. The van der Waals surface area contributed by atoms with Gasteiger partial charge in [0.25, 0.3) is 0 Å². The van der Waals surface area contributed by atoms with Gasteiger partial charge in [-0.05, 0) is 19.9 Å². The molecule has 108 valence electrons. The Labute approximate surface area is 119 Å². The van der Waals surface area contributed by atoms with Crippen molar-refractivity contribution in [1.82, 2.24) is 14.7 Å². The molecule has 1 rings (SSSR count). The number of carbonyl (C=O) groups is 1. The van der Waals surface area contributed by atoms with Crippen LogP contribution in [0.4, 0.5) is 0 Å². The summed E-state index contributed by atoms with van der Waals surface area (Å²) in [5.41, 5.74) is 1.83. The van der Waals surface area contributed by atoms with E-state index in [-0.39, 0.29) is 12.5 Å². The molecule has 0 saturated heterocycles. The van der Waals surface area contributed by atoms with Gasteiger partial charge in [-0.3, -0.25) is 14.4 Å². The summed E-state index contributed by atoms with van der Waals surface area (Å²) in [6.07, 6.45) is 0.802. The van der Waals surface area contributed by atoms with Crippen molar-refractivity contribution in [3.05, 3.63) is 16.4 Å². The van der Waals surface area contributed by atoms with Crippen LogP contribution in [0, 0.1) is 0 Å². The minimum absolute atomic E-state index is 0.210. The molecule has 0 radical (unpaired) electrons. The Morgan fingerprint density at radius 3 is 2.58 bits per heavy atom. The first-order valence-corrected chi connectivity index (χ1v) is 6.99. The van der Waals surface area contributed by atoms with Crippen LogP contribution in [0.25, 0.3) is 0 Å². The number of carbonyl (C=O) groups excluding carboxylic acids is 1. The Hall–Kier alpha value is -1.07. The molecule has 0 aromatic carbocycles. The van der Waals surface area contributed by atoms with Gasteiger partial charge in [-0.2, -0.15) is 5.10 Å². The number of esters is 1. The predicted molar refractivity (Wildman–Crippen MR) is 75.2 cm³/mol. The lowest BCUT2D eigenvalue weighted by Gasteiger charge is -2.19. The van der Waals surface area contributed by atoms with Crippen molar-refractivity contribution in [2.24, 2.45) is 7.05 Å². The fraction of sp³-hybridized carbons (Fsp3) is 0.692. The molecule has 0 N–H and O–H groups in total. The van der Waals surface area contributed by atoms with Crippen molar-refractivity contribution in [3.8, 4) is 0 Å². The average molecular weight is 288 g/mol. The van der Waals surface area contributed by atoms with Gasteiger partial charge in [-0.15, -0.1) is 0 Å². The highest BCUT2D eigenvalue weighted by Crippen LogP contribution is 2.22. The number of ether oxygens (including phenoxy) is 1. The van der Waals surface area contributed by atoms with Crippen LogP contribution in [-0.2, 0) is 29.5 Å². The van der Waals surface area contributed by atoms with E-state index in [0.29, 0.717) is 18.2 Å². The van der Waals surface area contributed by atoms with E-state index in [4.69, 9.17) is 16.3 Å². The lowest BCUT2D eigenvalue weighted by atomic mass is 10.3. The fourth-order valence-corrected chi connectivity index (χ4v) is 2.23. The van der Waals surface area contributed by atoms with Crippen molar-refractivity contribution in [3.63, 3.8) is 0 Å². The zero-order valence-corrected chi connectivity index (χ0v) is 12.8. The summed E-state index contributed by atoms with van der Waals surface area (Å²) >= 11 is 6.30. The Balaban J connectivity index is 2.75. The van der Waals surface area contributed by atoms with Gasteiger partial charge in [-0.25, -0.2) is 0 Å². The molecule has 0 fully saturated rings. The summed E-state index contributed by atoms with van der Waals surface area (Å²) < 4.78 is 6.75. The molecule has 0 aliphatic rings. The van der Waals surface area contributed by atoms with Crippen LogP contribution in [-0.4, -0.2) is 40.3 Å². The minimum Gasteiger partial charge on any atom is -0.465 e. The number of aromatic nitrogens is 2. The van der Waals surface area contributed by atoms with Gasteiger partial charge in [0.2, 0.25) is 0 Å². The first-order valence-electron chi connectivity index (χ1n) is 6.61. The molecule has 19 heavy (non-hydrogen) atoms. The van der Waals surface area contributed by atoms with E-state index in [1.807, 2.05) is 25.8 Å². The molecule has 6 heteroatoms. The van der Waals surface area contributed by atoms with E-state index >= 15 is 0 Å². The molecule has 0 unspecified atom stereocenters. The first kappa shape index (κ1) is 16.0. The number of rotatable bonds is 7. The largest absolute Gasteiger partial charge is 0.465 e. The maximum atomic E-state index is 11.5. The third-order valence-electron chi connectivity index (χ3n) is 2.98. The highest BCUT2D eigenvalue weighted by atomic mass is 35.5. The van der Waals surface area contributed by atoms with Crippen LogP contribution in [0.2, 0.25) is 5.02 Å². The number of aryl methyl sites for hydroxylation is 2. The number of nitrogens with zero attached hydrogens (tertiary/aromatic N) is 3. The minimum atomic E-state index is -0.210. The summed E-state index contributed by atoms with van der Waals surface area (Å²) in [6, 6.07) is 0. The Morgan fingerprint density at radius 1 is 1.42 bits per heavy atom. The molecule has 0 aliphatic heterocycles. The predicted octanol–water partition coefficient (Wildman–Crippen LogP) is 2.02. The fourth-order valence-electron chi connectivity index (χ4n) is 1.87. The quantitative estimate of drug-likeness (QED) is 0.720. The van der Waals surface area contributed by atoms with Crippen molar-refractivity contribution in [1.29, 1.82) is 0 Å². The van der Waals surface area contributed by atoms with E-state index in [1.54, 1.807) is 11.6 Å². The highest BCUT2D eigenvalue weighted by Gasteiger charge is 2.17. The SMILES string of the molecule is CCOC(=O)CN(CC)Cc1c(Cl)c(CC)nn1C. The van der Waals surface area contributed by atoms with Crippen molar-refractivity contribution in [2.75, 3.05) is 19.7 Å². The van der Waals surface area contributed by atoms with Crippen molar-refractivity contribution < 1.29 is 9.53 Å². The van der Waals surface area contributed by atoms with E-state index in [1.165, 1.54) is 0 Å². The molecule has 1 heterocycles. The van der Waals surface area contributed by atoms with E-state index in [0.717, 1.165) is 24.4 Å². The first-order chi connectivity index (χ1) is 9.03. The summed E-state index contributed by atoms with van der Waals surface area (Å²) in [5, 5.41) is 5.07. The van der Waals surface area contributed by atoms with Gasteiger partial charge in [0.1, 0.15) is 0 Å². The van der Waals surface area contributed by atoms with Gasteiger partial charge < -0.3 is 4.74 Å². The number of hydrogen-bond acceptors (Lipinski definition) is 4. The Kier molecular flexibility index (Phi) is 6.31. The van der Waals surface area contributed by atoms with E-state index in [2.05, 4.69) is 5.10 Å². The van der Waals surface area contributed by atoms with Crippen molar-refractivity contribution >= 4 is 17.6 Å². The van der Waals surface area contributed by atoms with Crippen LogP contribution in [0.1, 0.15) is 32.2 Å². The topological polar surface area (TPSA) is 47.4 Å². The Bertz CT molecular complexity index is 432. The maximum absolute atomic E-state index is 11.5. The third kappa shape index (κ3) is 4.21. The van der Waals surface area contributed by atoms with Gasteiger partial charge in [0.05, 0.1) is 29.6 Å². The Morgan fingerprint density at radius 2 is 2.11 bits per heavy atom. The summed E-state index contributed by atoms with van der Waals surface area (Å²) in [6.45, 7) is 7.85. The molecule has 5 nitrogen and oxygen atoms in total. The highest BCUT2D eigenvalue weighted by molar-refractivity contribution is 6.31. The van der Waals surface area contributed by atoms with Crippen LogP contribution >= 0.6 is 11.6 Å². The monoisotopic (exact) mass is 287 g/mol. The van der Waals surface area contributed by atoms with E-state index < -0.39 is 0 Å². The van der Waals surface area contributed by atoms with Gasteiger partial charge >= 0.3 is 5.97 Å². The lowest BCUT2D eigenvalue weighted by Crippen LogP contribution is -2.31. The van der Waals surface area contributed by atoms with Crippen LogP contribution in [0.3, 0.4) is 0 Å². The van der Waals surface area contributed by atoms with E-state index in [9.17, 15) is 4.79 Å². The van der Waals surface area contributed by atoms with Crippen LogP contribution in [0.15, 0.2) is 0 Å². The molecular formula is C13H22ClN3O2. The number of hydrogen-bond donors (Lipinski definition) is 0. The normalized spacial score (nSPS) is 11.1. The molecule has 0 atom stereocenters. The van der Waals surface area contributed by atoms with Crippen molar-refractivity contribution in [2.45, 2.75) is 33.7 Å². The molecule has 1 aromatic rings. The second-order valence-electron chi connectivity index (χ2n) is 4.29. The van der Waals surface area contributed by atoms with Gasteiger partial charge in [-0.1, -0.05) is 25.4 Å². The smallest absolute Gasteiger partial charge is 0.320 e. The molecule has 0 spiro atoms. The summed E-state index contributed by atoms with van der Waals surface area (Å²) in [4.78, 5) is 13.5. The summed E-state index contributed by atoms with van der Waals surface area (Å²) in [5.74, 6) is -0.210. The lowest BCUT2D eigenvalue weighted by molar-refractivity contribution is -0.144. The number of halogens is 1. The van der Waals surface area contributed by atoms with Gasteiger partial charge in [0.15, 0.2) is 0 Å². The second-order valence-corrected chi connectivity index (χ2v) is 4.67. The molecule has 0 amide bonds. The second kappa shape index (κ2) is 7.50. The molecule has 0 aliphatic carbocycles. The zero-order valence-electron chi connectivity index (χ0n) is 12.1. The van der Waals surface area contributed by atoms with Crippen LogP contribution < -0.4 is 0 Å². The maximum Gasteiger partial charge on any atom is 0.320 e. The molecule has 0 saturated carbocycles. The summed E-state index contributed by atoms with van der Waals surface area (Å²) in [7, 11) is 1.87. The van der Waals surface area contributed by atoms with Gasteiger partial charge in [0, 0.05) is 13.6 Å². The molecule has 0 bridgehead atoms. The molecular weight excluding hydrogens is 266 g/mol. The average Bonchev–Trinajstić information content (AvgIpc) is 2.65. The van der Waals surface area contributed by atoms with Crippen LogP contribution in [0.5, 0.6) is 0 Å². The third-order valence-corrected chi connectivity index (χ3v) is 3.42. The molecule has 1 aromatic heterocycles. The number of likely N-dealkylation sites (N-methyl/N-ethyl adjacent to an activating group) is 1. The zero-order chi connectivity index (χ0) is 14.4.